The fourth-order valence-electron chi connectivity index (χ4n) is 1.99. The molecule has 0 aromatic heterocycles. The molecule has 0 aromatic rings. The van der Waals surface area contributed by atoms with E-state index in [1.165, 1.54) is 0 Å². The third kappa shape index (κ3) is 5.85. The monoisotopic (exact) mass is 316 g/mol. The predicted molar refractivity (Wildman–Crippen MR) is 92.9 cm³/mol. The lowest BCUT2D eigenvalue weighted by atomic mass is 9.84. The van der Waals surface area contributed by atoms with Gasteiger partial charge in [0.05, 0.1) is 12.2 Å². The first-order valence-corrected chi connectivity index (χ1v) is 10.9. The minimum absolute atomic E-state index is 0.000732. The Hall–Kier alpha value is -0.163. The summed E-state index contributed by atoms with van der Waals surface area (Å²) >= 11 is 0. The average Bonchev–Trinajstić information content (AvgIpc) is 2.40. The SMILES string of the molecule is C=C[C@@H](C)[C@H](O)[C@H](C)[C@@H](O)[C@@H](C)CO[Si](C)(C)C(C)(C)C. The van der Waals surface area contributed by atoms with Gasteiger partial charge in [-0.3, -0.25) is 0 Å². The van der Waals surface area contributed by atoms with E-state index in [0.29, 0.717) is 6.61 Å². The molecule has 0 heterocycles. The molecule has 0 rings (SSSR count). The highest BCUT2D eigenvalue weighted by Crippen LogP contribution is 2.37. The van der Waals surface area contributed by atoms with Crippen LogP contribution < -0.4 is 0 Å². The summed E-state index contributed by atoms with van der Waals surface area (Å²) in [5.74, 6) is -0.222. The Kier molecular flexibility index (Phi) is 7.85. The Morgan fingerprint density at radius 3 is 1.95 bits per heavy atom. The molecule has 21 heavy (non-hydrogen) atoms. The molecule has 126 valence electrons. The van der Waals surface area contributed by atoms with Gasteiger partial charge >= 0.3 is 0 Å². The van der Waals surface area contributed by atoms with Crippen molar-refractivity contribution in [2.45, 2.75) is 71.9 Å². The second-order valence-corrected chi connectivity index (χ2v) is 12.8. The molecule has 4 heteroatoms. The summed E-state index contributed by atoms with van der Waals surface area (Å²) in [6.45, 7) is 21.1. The number of aliphatic hydroxyl groups is 2. The minimum Gasteiger partial charge on any atom is -0.416 e. The zero-order valence-corrected chi connectivity index (χ0v) is 16.2. The zero-order valence-electron chi connectivity index (χ0n) is 15.2. The summed E-state index contributed by atoms with van der Waals surface area (Å²) in [4.78, 5) is 0. The van der Waals surface area contributed by atoms with Crippen molar-refractivity contribution < 1.29 is 14.6 Å². The third-order valence-electron chi connectivity index (χ3n) is 5.08. The van der Waals surface area contributed by atoms with Gasteiger partial charge in [0.1, 0.15) is 0 Å². The molecule has 0 saturated carbocycles. The van der Waals surface area contributed by atoms with Crippen LogP contribution in [0.25, 0.3) is 0 Å². The lowest BCUT2D eigenvalue weighted by molar-refractivity contribution is -0.0299. The maximum Gasteiger partial charge on any atom is 0.191 e. The summed E-state index contributed by atoms with van der Waals surface area (Å²) in [5, 5.41) is 20.8. The van der Waals surface area contributed by atoms with Gasteiger partial charge in [0.25, 0.3) is 0 Å². The van der Waals surface area contributed by atoms with E-state index >= 15 is 0 Å². The molecule has 5 atom stereocenters. The van der Waals surface area contributed by atoms with Crippen LogP contribution in [-0.2, 0) is 4.43 Å². The number of hydrogen-bond acceptors (Lipinski definition) is 3. The molecule has 0 aliphatic rings. The molecule has 0 aromatic carbocycles. The quantitative estimate of drug-likeness (QED) is 0.528. The molecule has 3 nitrogen and oxygen atoms in total. The summed E-state index contributed by atoms with van der Waals surface area (Å²) in [7, 11) is -1.79. The highest BCUT2D eigenvalue weighted by Gasteiger charge is 2.38. The predicted octanol–water partition coefficient (Wildman–Crippen LogP) is 3.82. The van der Waals surface area contributed by atoms with E-state index < -0.39 is 20.5 Å². The van der Waals surface area contributed by atoms with Gasteiger partial charge in [-0.05, 0) is 18.1 Å². The van der Waals surface area contributed by atoms with Gasteiger partial charge in [-0.25, -0.2) is 0 Å². The fraction of sp³-hybridized carbons (Fsp3) is 0.882. The van der Waals surface area contributed by atoms with Crippen molar-refractivity contribution >= 4 is 8.32 Å². The number of rotatable bonds is 8. The second-order valence-electron chi connectivity index (χ2n) is 7.98. The van der Waals surface area contributed by atoms with Crippen LogP contribution in [0.15, 0.2) is 12.7 Å². The summed E-state index contributed by atoms with van der Waals surface area (Å²) in [6.07, 6.45) is 0.574. The molecular weight excluding hydrogens is 280 g/mol. The van der Waals surface area contributed by atoms with Crippen molar-refractivity contribution in [1.29, 1.82) is 0 Å². The van der Waals surface area contributed by atoms with Crippen LogP contribution in [0.3, 0.4) is 0 Å². The van der Waals surface area contributed by atoms with E-state index in [1.54, 1.807) is 6.08 Å². The molecule has 0 spiro atoms. The maximum atomic E-state index is 10.4. The first kappa shape index (κ1) is 20.8. The summed E-state index contributed by atoms with van der Waals surface area (Å²) in [5.41, 5.74) is 0. The topological polar surface area (TPSA) is 49.7 Å². The molecule has 0 unspecified atom stereocenters. The first-order valence-electron chi connectivity index (χ1n) is 7.97. The van der Waals surface area contributed by atoms with E-state index in [0.717, 1.165) is 0 Å². The van der Waals surface area contributed by atoms with E-state index in [-0.39, 0.29) is 22.8 Å². The Morgan fingerprint density at radius 2 is 1.57 bits per heavy atom. The van der Waals surface area contributed by atoms with Crippen molar-refractivity contribution in [3.8, 4) is 0 Å². The smallest absolute Gasteiger partial charge is 0.191 e. The fourth-order valence-corrected chi connectivity index (χ4v) is 3.11. The summed E-state index contributed by atoms with van der Waals surface area (Å²) in [6, 6.07) is 0. The van der Waals surface area contributed by atoms with Crippen LogP contribution in [0.2, 0.25) is 18.1 Å². The molecule has 0 aliphatic carbocycles. The molecule has 0 bridgehead atoms. The van der Waals surface area contributed by atoms with Crippen molar-refractivity contribution in [2.75, 3.05) is 6.61 Å². The lowest BCUT2D eigenvalue weighted by Gasteiger charge is -2.38. The van der Waals surface area contributed by atoms with Gasteiger partial charge in [-0.1, -0.05) is 47.6 Å². The van der Waals surface area contributed by atoms with Crippen LogP contribution in [-0.4, -0.2) is 37.3 Å². The largest absolute Gasteiger partial charge is 0.416 e. The molecule has 2 N–H and O–H groups in total. The van der Waals surface area contributed by atoms with Gasteiger partial charge in [0.2, 0.25) is 0 Å². The van der Waals surface area contributed by atoms with Crippen molar-refractivity contribution in [2.24, 2.45) is 17.8 Å². The number of hydrogen-bond donors (Lipinski definition) is 2. The van der Waals surface area contributed by atoms with Gasteiger partial charge in [0, 0.05) is 24.4 Å². The van der Waals surface area contributed by atoms with Gasteiger partial charge < -0.3 is 14.6 Å². The molecule has 0 aliphatic heterocycles. The van der Waals surface area contributed by atoms with Crippen LogP contribution >= 0.6 is 0 Å². The normalized spacial score (nSPS) is 20.5. The Labute approximate surface area is 132 Å². The van der Waals surface area contributed by atoms with Crippen molar-refractivity contribution in [3.63, 3.8) is 0 Å². The van der Waals surface area contributed by atoms with Crippen molar-refractivity contribution in [3.05, 3.63) is 12.7 Å². The second kappa shape index (κ2) is 7.91. The van der Waals surface area contributed by atoms with E-state index in [4.69, 9.17) is 4.43 Å². The minimum atomic E-state index is -1.79. The summed E-state index contributed by atoms with van der Waals surface area (Å²) < 4.78 is 6.17. The maximum absolute atomic E-state index is 10.4. The van der Waals surface area contributed by atoms with Crippen LogP contribution in [0, 0.1) is 17.8 Å². The highest BCUT2D eigenvalue weighted by atomic mass is 28.4. The molecule has 0 radical (unpaired) electrons. The highest BCUT2D eigenvalue weighted by molar-refractivity contribution is 6.74. The molecule has 0 fully saturated rings. The zero-order chi connectivity index (χ0) is 17.0. The first-order chi connectivity index (χ1) is 9.35. The Balaban J connectivity index is 4.59. The van der Waals surface area contributed by atoms with Gasteiger partial charge in [-0.15, -0.1) is 6.58 Å². The standard InChI is InChI=1S/C17H36O3Si/c1-10-12(2)15(18)14(4)16(19)13(3)11-20-21(8,9)17(5,6)7/h10,12-16,18-19H,1,11H2,2-9H3/t12-,13+,14+,15+,16+/m1/s1. The lowest BCUT2D eigenvalue weighted by Crippen LogP contribution is -2.44. The molecular formula is C17H36O3Si. The Morgan fingerprint density at radius 1 is 1.10 bits per heavy atom. The number of aliphatic hydroxyl groups excluding tert-OH is 2. The molecule has 0 saturated heterocycles. The molecule has 0 amide bonds. The van der Waals surface area contributed by atoms with Crippen LogP contribution in [0.1, 0.15) is 41.5 Å². The van der Waals surface area contributed by atoms with Crippen molar-refractivity contribution in [1.82, 2.24) is 0 Å². The van der Waals surface area contributed by atoms with Gasteiger partial charge in [-0.2, -0.15) is 0 Å². The Bertz CT molecular complexity index is 322. The van der Waals surface area contributed by atoms with E-state index in [1.807, 2.05) is 20.8 Å². The van der Waals surface area contributed by atoms with E-state index in [2.05, 4.69) is 40.4 Å². The third-order valence-corrected chi connectivity index (χ3v) is 9.58. The van der Waals surface area contributed by atoms with Crippen LogP contribution in [0.5, 0.6) is 0 Å². The van der Waals surface area contributed by atoms with Gasteiger partial charge in [0.15, 0.2) is 8.32 Å². The van der Waals surface area contributed by atoms with E-state index in [9.17, 15) is 10.2 Å². The average molecular weight is 317 g/mol. The van der Waals surface area contributed by atoms with Crippen LogP contribution in [0.4, 0.5) is 0 Å².